The summed E-state index contributed by atoms with van der Waals surface area (Å²) in [5.74, 6) is -0.520. The second-order valence-electron chi connectivity index (χ2n) is 3.91. The Morgan fingerprint density at radius 3 is 2.65 bits per heavy atom. The minimum atomic E-state index is -1.44. The second kappa shape index (κ2) is 9.21. The molecule has 98 valence electrons. The van der Waals surface area contributed by atoms with Crippen molar-refractivity contribution in [3.05, 3.63) is 12.2 Å². The fourth-order valence-corrected chi connectivity index (χ4v) is 1.63. The van der Waals surface area contributed by atoms with E-state index in [0.717, 1.165) is 0 Å². The van der Waals surface area contributed by atoms with Crippen LogP contribution in [0, 0.1) is 0 Å². The number of ether oxygens (including phenoxy) is 2. The van der Waals surface area contributed by atoms with Crippen LogP contribution in [0.4, 0.5) is 0 Å². The lowest BCUT2D eigenvalue weighted by Gasteiger charge is -2.11. The monoisotopic (exact) mass is 260 g/mol. The number of rotatable bonds is 9. The van der Waals surface area contributed by atoms with Crippen LogP contribution in [0.1, 0.15) is 13.3 Å². The summed E-state index contributed by atoms with van der Waals surface area (Å²) in [6.07, 6.45) is -0.121. The lowest BCUT2D eigenvalue weighted by atomic mass is 10.3. The number of carbonyl (C=O) groups excluding carboxylic acids is 1. The lowest BCUT2D eigenvalue weighted by molar-refractivity contribution is -0.143. The van der Waals surface area contributed by atoms with Crippen molar-refractivity contribution in [1.82, 2.24) is 0 Å². The van der Waals surface area contributed by atoms with Crippen molar-refractivity contribution in [1.29, 1.82) is 0 Å². The maximum atomic E-state index is 11.0. The molecule has 0 aromatic heterocycles. The highest BCUT2D eigenvalue weighted by Crippen LogP contribution is 1.97. The second-order valence-corrected chi connectivity index (χ2v) is 5.82. The molecule has 6 heteroatoms. The summed E-state index contributed by atoms with van der Waals surface area (Å²) >= 11 is 0. The summed E-state index contributed by atoms with van der Waals surface area (Å²) < 4.78 is 20.7. The Balaban J connectivity index is 3.46. The Kier molecular flexibility index (Phi) is 8.74. The largest absolute Gasteiger partial charge is 0.460 e. The third-order valence-corrected chi connectivity index (χ3v) is 2.94. The SMILES string of the molecule is C=C(C)C(=O)OCC(O)COCCC[Si](C)=O. The van der Waals surface area contributed by atoms with E-state index in [1.165, 1.54) is 6.92 Å². The van der Waals surface area contributed by atoms with Crippen LogP contribution in [-0.2, 0) is 18.7 Å². The fourth-order valence-electron chi connectivity index (χ4n) is 0.986. The zero-order chi connectivity index (χ0) is 13.3. The van der Waals surface area contributed by atoms with E-state index in [4.69, 9.17) is 9.47 Å². The van der Waals surface area contributed by atoms with Crippen LogP contribution >= 0.6 is 0 Å². The quantitative estimate of drug-likeness (QED) is 0.289. The Morgan fingerprint density at radius 1 is 1.47 bits per heavy atom. The molecule has 0 aromatic rings. The van der Waals surface area contributed by atoms with Gasteiger partial charge in [-0.2, -0.15) is 0 Å². The first-order chi connectivity index (χ1) is 7.93. The van der Waals surface area contributed by atoms with Gasteiger partial charge in [0.05, 0.1) is 6.61 Å². The van der Waals surface area contributed by atoms with Crippen LogP contribution in [0.15, 0.2) is 12.2 Å². The zero-order valence-electron chi connectivity index (χ0n) is 10.4. The molecule has 0 heterocycles. The summed E-state index contributed by atoms with van der Waals surface area (Å²) in [4.78, 5) is 11.0. The van der Waals surface area contributed by atoms with Crippen molar-refractivity contribution in [3.63, 3.8) is 0 Å². The molecule has 0 radical (unpaired) electrons. The first-order valence-corrected chi connectivity index (χ1v) is 7.63. The van der Waals surface area contributed by atoms with Gasteiger partial charge in [0.25, 0.3) is 8.68 Å². The zero-order valence-corrected chi connectivity index (χ0v) is 11.4. The Hall–Kier alpha value is -0.853. The van der Waals surface area contributed by atoms with Gasteiger partial charge in [-0.25, -0.2) is 4.79 Å². The summed E-state index contributed by atoms with van der Waals surface area (Å²) in [5.41, 5.74) is 0.297. The molecule has 5 nitrogen and oxygen atoms in total. The maximum Gasteiger partial charge on any atom is 0.333 e. The molecular weight excluding hydrogens is 240 g/mol. The van der Waals surface area contributed by atoms with Gasteiger partial charge in [0.15, 0.2) is 0 Å². The Morgan fingerprint density at radius 2 is 2.12 bits per heavy atom. The lowest BCUT2D eigenvalue weighted by Crippen LogP contribution is -2.24. The number of esters is 1. The number of aliphatic hydroxyl groups is 1. The normalized spacial score (nSPS) is 11.9. The van der Waals surface area contributed by atoms with Gasteiger partial charge in [-0.05, 0) is 25.9 Å². The minimum absolute atomic E-state index is 0.101. The molecular formula is C11H20O5Si. The highest BCUT2D eigenvalue weighted by atomic mass is 28.3. The number of carbonyl (C=O) groups is 1. The van der Waals surface area contributed by atoms with Crippen LogP contribution in [0.2, 0.25) is 12.6 Å². The predicted molar refractivity (Wildman–Crippen MR) is 64.3 cm³/mol. The molecule has 0 aliphatic rings. The van der Waals surface area contributed by atoms with Crippen LogP contribution in [0.5, 0.6) is 0 Å². The smallest absolute Gasteiger partial charge is 0.333 e. The summed E-state index contributed by atoms with van der Waals surface area (Å²) in [6.45, 7) is 7.12. The average Bonchev–Trinajstić information content (AvgIpc) is 2.24. The molecule has 1 atom stereocenters. The fraction of sp³-hybridized carbons (Fsp3) is 0.727. The number of hydrogen-bond donors (Lipinski definition) is 1. The van der Waals surface area contributed by atoms with Crippen LogP contribution < -0.4 is 0 Å². The van der Waals surface area contributed by atoms with Crippen molar-refractivity contribution >= 4 is 14.7 Å². The Bertz CT molecular complexity index is 277. The Labute approximate surface area is 103 Å². The first kappa shape index (κ1) is 16.1. The molecule has 0 aromatic carbocycles. The molecule has 0 aliphatic heterocycles. The average molecular weight is 260 g/mol. The molecule has 0 rings (SSSR count). The van der Waals surface area contributed by atoms with Crippen molar-refractivity contribution < 1.29 is 23.8 Å². The van der Waals surface area contributed by atoms with E-state index in [0.29, 0.717) is 24.6 Å². The van der Waals surface area contributed by atoms with E-state index in [-0.39, 0.29) is 13.2 Å². The summed E-state index contributed by atoms with van der Waals surface area (Å²) in [6, 6.07) is 0.658. The van der Waals surface area contributed by atoms with Gasteiger partial charge in [-0.3, -0.25) is 0 Å². The molecule has 1 N–H and O–H groups in total. The molecule has 17 heavy (non-hydrogen) atoms. The van der Waals surface area contributed by atoms with Gasteiger partial charge in [-0.15, -0.1) is 0 Å². The van der Waals surface area contributed by atoms with E-state index in [1.54, 1.807) is 6.55 Å². The van der Waals surface area contributed by atoms with Crippen molar-refractivity contribution in [2.45, 2.75) is 32.0 Å². The molecule has 0 aliphatic carbocycles. The van der Waals surface area contributed by atoms with Crippen molar-refractivity contribution in [3.8, 4) is 0 Å². The third-order valence-electron chi connectivity index (χ3n) is 1.88. The molecule has 0 fully saturated rings. The van der Waals surface area contributed by atoms with Gasteiger partial charge in [0.2, 0.25) is 0 Å². The van der Waals surface area contributed by atoms with Gasteiger partial charge in [0.1, 0.15) is 12.7 Å². The highest BCUT2D eigenvalue weighted by molar-refractivity contribution is 6.40. The third kappa shape index (κ3) is 10.0. The van der Waals surface area contributed by atoms with E-state index in [1.807, 2.05) is 0 Å². The molecule has 0 amide bonds. The van der Waals surface area contributed by atoms with Crippen LogP contribution in [0.25, 0.3) is 0 Å². The molecule has 0 bridgehead atoms. The maximum absolute atomic E-state index is 11.0. The van der Waals surface area contributed by atoms with Crippen LogP contribution in [0.3, 0.4) is 0 Å². The number of hydrogen-bond acceptors (Lipinski definition) is 5. The van der Waals surface area contributed by atoms with Gasteiger partial charge < -0.3 is 19.0 Å². The number of aliphatic hydroxyl groups excluding tert-OH is 1. The highest BCUT2D eigenvalue weighted by Gasteiger charge is 2.09. The van der Waals surface area contributed by atoms with Gasteiger partial charge in [-0.1, -0.05) is 6.58 Å². The topological polar surface area (TPSA) is 72.8 Å². The van der Waals surface area contributed by atoms with Crippen LogP contribution in [-0.4, -0.2) is 45.7 Å². The summed E-state index contributed by atoms with van der Waals surface area (Å²) in [5, 5.41) is 9.40. The van der Waals surface area contributed by atoms with Crippen molar-refractivity contribution in [2.24, 2.45) is 0 Å². The minimum Gasteiger partial charge on any atom is -0.460 e. The molecule has 0 saturated heterocycles. The van der Waals surface area contributed by atoms with Crippen molar-refractivity contribution in [2.75, 3.05) is 19.8 Å². The first-order valence-electron chi connectivity index (χ1n) is 5.51. The summed E-state index contributed by atoms with van der Waals surface area (Å²) in [7, 11) is -1.44. The standard InChI is InChI=1S/C11H20O5Si/c1-9(2)11(13)16-8-10(12)7-15-5-4-6-17(3)14/h10,12H,1,4-8H2,2-3H3. The van der Waals surface area contributed by atoms with Gasteiger partial charge >= 0.3 is 5.97 Å². The predicted octanol–water partition coefficient (Wildman–Crippen LogP) is 0.925. The van der Waals surface area contributed by atoms with E-state index >= 15 is 0 Å². The molecule has 0 spiro atoms. The molecule has 0 saturated carbocycles. The van der Waals surface area contributed by atoms with E-state index in [2.05, 4.69) is 6.58 Å². The van der Waals surface area contributed by atoms with E-state index in [9.17, 15) is 14.4 Å². The molecule has 1 unspecified atom stereocenters. The van der Waals surface area contributed by atoms with Gasteiger partial charge in [0, 0.05) is 12.2 Å². The van der Waals surface area contributed by atoms with E-state index < -0.39 is 20.8 Å².